The fourth-order valence-corrected chi connectivity index (χ4v) is 1.28. The van der Waals surface area contributed by atoms with Gasteiger partial charge < -0.3 is 10.4 Å². The van der Waals surface area contributed by atoms with E-state index < -0.39 is 11.9 Å². The third-order valence-electron chi connectivity index (χ3n) is 2.16. The first-order chi connectivity index (χ1) is 7.50. The lowest BCUT2D eigenvalue weighted by molar-refractivity contribution is -0.141. The first-order valence-corrected chi connectivity index (χ1v) is 4.82. The van der Waals surface area contributed by atoms with E-state index in [4.69, 9.17) is 5.11 Å². The lowest BCUT2D eigenvalue weighted by Crippen LogP contribution is -2.40. The molecule has 0 bridgehead atoms. The zero-order chi connectivity index (χ0) is 12.1. The molecule has 1 aliphatic rings. The third-order valence-corrected chi connectivity index (χ3v) is 2.16. The summed E-state index contributed by atoms with van der Waals surface area (Å²) in [4.78, 5) is 44.5. The summed E-state index contributed by atoms with van der Waals surface area (Å²) < 4.78 is 0. The van der Waals surface area contributed by atoms with Gasteiger partial charge in [0.15, 0.2) is 0 Å². The number of carboxylic acids is 1. The summed E-state index contributed by atoms with van der Waals surface area (Å²) in [6, 6.07) is 0. The normalized spacial score (nSPS) is 15.4. The Hall–Kier alpha value is -1.92. The molecule has 0 radical (unpaired) electrons. The molecule has 1 saturated heterocycles. The molecule has 0 aromatic carbocycles. The van der Waals surface area contributed by atoms with Crippen LogP contribution in [0.5, 0.6) is 0 Å². The summed E-state index contributed by atoms with van der Waals surface area (Å²) in [5.41, 5.74) is 0. The Morgan fingerprint density at radius 1 is 1.19 bits per heavy atom. The number of amides is 3. The number of hydrogen-bond acceptors (Lipinski definition) is 4. The maximum absolute atomic E-state index is 11.1. The van der Waals surface area contributed by atoms with Crippen molar-refractivity contribution in [2.45, 2.75) is 25.7 Å². The molecule has 0 unspecified atom stereocenters. The third kappa shape index (κ3) is 3.34. The van der Waals surface area contributed by atoms with E-state index in [1.165, 1.54) is 0 Å². The van der Waals surface area contributed by atoms with Crippen LogP contribution in [-0.2, 0) is 19.2 Å². The number of carbonyl (C=O) groups is 4. The highest BCUT2D eigenvalue weighted by Crippen LogP contribution is 2.09. The number of likely N-dealkylation sites (tertiary alicyclic amines) is 1. The molecule has 0 aromatic rings. The van der Waals surface area contributed by atoms with Gasteiger partial charge in [-0.05, 0) is 0 Å². The van der Waals surface area contributed by atoms with Crippen molar-refractivity contribution >= 4 is 23.7 Å². The zero-order valence-corrected chi connectivity index (χ0v) is 8.56. The minimum atomic E-state index is -1.07. The SMILES string of the molecule is O=C(O)CCC(=O)NCN1C(=O)CCC1=O. The molecule has 0 aliphatic carbocycles. The second-order valence-electron chi connectivity index (χ2n) is 3.37. The van der Waals surface area contributed by atoms with Crippen molar-refractivity contribution < 1.29 is 24.3 Å². The highest BCUT2D eigenvalue weighted by Gasteiger charge is 2.28. The van der Waals surface area contributed by atoms with Gasteiger partial charge in [-0.15, -0.1) is 0 Å². The molecule has 3 amide bonds. The van der Waals surface area contributed by atoms with Crippen LogP contribution in [0, 0.1) is 0 Å². The highest BCUT2D eigenvalue weighted by atomic mass is 16.4. The zero-order valence-electron chi connectivity index (χ0n) is 8.56. The fraction of sp³-hybridized carbons (Fsp3) is 0.556. The van der Waals surface area contributed by atoms with Gasteiger partial charge in [-0.2, -0.15) is 0 Å². The van der Waals surface area contributed by atoms with Crippen LogP contribution >= 0.6 is 0 Å². The van der Waals surface area contributed by atoms with E-state index in [0.29, 0.717) is 0 Å². The molecule has 1 fully saturated rings. The van der Waals surface area contributed by atoms with Crippen LogP contribution in [0.4, 0.5) is 0 Å². The molecular weight excluding hydrogens is 216 g/mol. The van der Waals surface area contributed by atoms with Crippen molar-refractivity contribution in [1.82, 2.24) is 10.2 Å². The molecule has 1 heterocycles. The van der Waals surface area contributed by atoms with E-state index >= 15 is 0 Å². The van der Waals surface area contributed by atoms with Crippen LogP contribution in [0.3, 0.4) is 0 Å². The Bertz CT molecular complexity index is 323. The average Bonchev–Trinajstić information content (AvgIpc) is 2.53. The number of nitrogens with one attached hydrogen (secondary N) is 1. The summed E-state index contributed by atoms with van der Waals surface area (Å²) >= 11 is 0. The van der Waals surface area contributed by atoms with E-state index in [9.17, 15) is 19.2 Å². The molecule has 16 heavy (non-hydrogen) atoms. The molecule has 88 valence electrons. The minimum Gasteiger partial charge on any atom is -0.481 e. The molecule has 0 spiro atoms. The van der Waals surface area contributed by atoms with Gasteiger partial charge in [0.1, 0.15) is 6.67 Å². The number of carbonyl (C=O) groups excluding carboxylic acids is 3. The average molecular weight is 228 g/mol. The van der Waals surface area contributed by atoms with E-state index in [-0.39, 0.29) is 44.2 Å². The monoisotopic (exact) mass is 228 g/mol. The van der Waals surface area contributed by atoms with Gasteiger partial charge in [0.2, 0.25) is 17.7 Å². The number of nitrogens with zero attached hydrogens (tertiary/aromatic N) is 1. The Morgan fingerprint density at radius 2 is 1.75 bits per heavy atom. The van der Waals surface area contributed by atoms with E-state index in [2.05, 4.69) is 5.32 Å². The topological polar surface area (TPSA) is 104 Å². The number of hydrogen-bond donors (Lipinski definition) is 2. The van der Waals surface area contributed by atoms with Crippen molar-refractivity contribution in [3.8, 4) is 0 Å². The maximum atomic E-state index is 11.1. The molecule has 1 aliphatic heterocycles. The first kappa shape index (κ1) is 12.2. The second-order valence-corrected chi connectivity index (χ2v) is 3.37. The summed E-state index contributed by atoms with van der Waals surface area (Å²) in [6.45, 7) is -0.171. The van der Waals surface area contributed by atoms with Crippen molar-refractivity contribution in [2.24, 2.45) is 0 Å². The molecule has 0 aromatic heterocycles. The van der Waals surface area contributed by atoms with Crippen LogP contribution in [-0.4, -0.2) is 40.4 Å². The van der Waals surface area contributed by atoms with Gasteiger partial charge in [-0.25, -0.2) is 0 Å². The van der Waals surface area contributed by atoms with Gasteiger partial charge in [-0.3, -0.25) is 24.1 Å². The van der Waals surface area contributed by atoms with Gasteiger partial charge in [0, 0.05) is 19.3 Å². The first-order valence-electron chi connectivity index (χ1n) is 4.82. The Morgan fingerprint density at radius 3 is 2.25 bits per heavy atom. The van der Waals surface area contributed by atoms with Crippen LogP contribution in [0.2, 0.25) is 0 Å². The van der Waals surface area contributed by atoms with E-state index in [1.54, 1.807) is 0 Å². The van der Waals surface area contributed by atoms with Crippen molar-refractivity contribution in [3.63, 3.8) is 0 Å². The Balaban J connectivity index is 2.28. The molecule has 1 rings (SSSR count). The second kappa shape index (κ2) is 5.24. The van der Waals surface area contributed by atoms with E-state index in [1.807, 2.05) is 0 Å². The Kier molecular flexibility index (Phi) is 3.98. The van der Waals surface area contributed by atoms with Crippen LogP contribution in [0.1, 0.15) is 25.7 Å². The maximum Gasteiger partial charge on any atom is 0.303 e. The van der Waals surface area contributed by atoms with Gasteiger partial charge in [0.05, 0.1) is 6.42 Å². The smallest absolute Gasteiger partial charge is 0.303 e. The molecule has 0 saturated carbocycles. The van der Waals surface area contributed by atoms with E-state index in [0.717, 1.165) is 4.90 Å². The van der Waals surface area contributed by atoms with Gasteiger partial charge in [0.25, 0.3) is 0 Å². The quantitative estimate of drug-likeness (QED) is 0.592. The molecular formula is C9H12N2O5. The predicted molar refractivity (Wildman–Crippen MR) is 51.0 cm³/mol. The van der Waals surface area contributed by atoms with Gasteiger partial charge >= 0.3 is 5.97 Å². The highest BCUT2D eigenvalue weighted by molar-refractivity contribution is 6.02. The van der Waals surface area contributed by atoms with Crippen LogP contribution in [0.15, 0.2) is 0 Å². The predicted octanol–water partition coefficient (Wildman–Crippen LogP) is -0.926. The molecule has 0 atom stereocenters. The largest absolute Gasteiger partial charge is 0.481 e. The summed E-state index contributed by atoms with van der Waals surface area (Å²) in [5.74, 6) is -2.19. The molecule has 2 N–H and O–H groups in total. The number of carboxylic acid groups (broad SMARTS) is 1. The van der Waals surface area contributed by atoms with Gasteiger partial charge in [-0.1, -0.05) is 0 Å². The molecule has 7 nitrogen and oxygen atoms in total. The van der Waals surface area contributed by atoms with Crippen molar-refractivity contribution in [2.75, 3.05) is 6.67 Å². The summed E-state index contributed by atoms with van der Waals surface area (Å²) in [6.07, 6.45) is -0.0903. The standard InChI is InChI=1S/C9H12N2O5/c12-6(1-4-9(15)16)10-5-11-7(13)2-3-8(11)14/h1-5H2,(H,10,12)(H,15,16). The lowest BCUT2D eigenvalue weighted by atomic mass is 10.3. The number of aliphatic carboxylic acids is 1. The number of rotatable bonds is 5. The number of imide groups is 1. The van der Waals surface area contributed by atoms with Crippen LogP contribution < -0.4 is 5.32 Å². The molecule has 7 heteroatoms. The summed E-state index contributed by atoms with van der Waals surface area (Å²) in [5, 5.41) is 10.7. The minimum absolute atomic E-state index is 0.161. The Labute approximate surface area is 91.4 Å². The van der Waals surface area contributed by atoms with Crippen molar-refractivity contribution in [3.05, 3.63) is 0 Å². The van der Waals surface area contributed by atoms with Crippen molar-refractivity contribution in [1.29, 1.82) is 0 Å². The van der Waals surface area contributed by atoms with Crippen LogP contribution in [0.25, 0.3) is 0 Å². The fourth-order valence-electron chi connectivity index (χ4n) is 1.28. The summed E-state index contributed by atoms with van der Waals surface area (Å²) in [7, 11) is 0. The lowest BCUT2D eigenvalue weighted by Gasteiger charge is -2.14.